The van der Waals surface area contributed by atoms with Gasteiger partial charge in [0.2, 0.25) is 5.41 Å². The van der Waals surface area contributed by atoms with Crippen molar-refractivity contribution >= 4 is 23.5 Å². The molecule has 0 saturated carbocycles. The number of hydrogen-bond donors (Lipinski definition) is 3. The molecule has 144 valence electrons. The predicted octanol–water partition coefficient (Wildman–Crippen LogP) is 2.04. The van der Waals surface area contributed by atoms with Crippen LogP contribution < -0.4 is 10.9 Å². The molecule has 8 nitrogen and oxygen atoms in total. The van der Waals surface area contributed by atoms with Crippen LogP contribution in [0.1, 0.15) is 21.5 Å². The summed E-state index contributed by atoms with van der Waals surface area (Å²) in [5.41, 5.74) is -1.14. The molecule has 0 unspecified atom stereocenters. The molecule has 29 heavy (non-hydrogen) atoms. The number of fused-ring (bicyclic) bond motifs is 3. The fourth-order valence-electron chi connectivity index (χ4n) is 3.80. The molecule has 4 rings (SSSR count). The molecule has 0 bridgehead atoms. The van der Waals surface area contributed by atoms with Crippen LogP contribution in [-0.4, -0.2) is 33.0 Å². The van der Waals surface area contributed by atoms with E-state index in [1.807, 2.05) is 0 Å². The number of hydrogen-bond acceptors (Lipinski definition) is 5. The Morgan fingerprint density at radius 3 is 2.24 bits per heavy atom. The number of carboxylic acid groups (broad SMARTS) is 2. The normalized spacial score (nSPS) is 13.3. The Morgan fingerprint density at radius 2 is 1.59 bits per heavy atom. The van der Waals surface area contributed by atoms with Gasteiger partial charge in [-0.05, 0) is 34.9 Å². The average molecular weight is 389 g/mol. The van der Waals surface area contributed by atoms with Gasteiger partial charge in [0.05, 0.1) is 11.9 Å². The maximum absolute atomic E-state index is 13.1. The Balaban J connectivity index is 1.98. The highest BCUT2D eigenvalue weighted by molar-refractivity contribution is 6.18. The number of aliphatic carboxylic acids is 2. The summed E-state index contributed by atoms with van der Waals surface area (Å²) < 4.78 is 0. The van der Waals surface area contributed by atoms with E-state index in [-0.39, 0.29) is 22.3 Å². The number of carbonyl (C=O) groups is 3. The third kappa shape index (κ3) is 2.43. The molecule has 0 aliphatic heterocycles. The van der Waals surface area contributed by atoms with Gasteiger partial charge in [0.1, 0.15) is 0 Å². The van der Waals surface area contributed by atoms with Crippen LogP contribution in [0.25, 0.3) is 11.1 Å². The maximum atomic E-state index is 13.1. The molecular formula is C21H15N3O5. The Kier molecular flexibility index (Phi) is 4.13. The number of benzene rings is 2. The van der Waals surface area contributed by atoms with Crippen molar-refractivity contribution in [2.45, 2.75) is 5.41 Å². The number of anilines is 1. The van der Waals surface area contributed by atoms with Gasteiger partial charge in [-0.15, -0.1) is 0 Å². The van der Waals surface area contributed by atoms with Crippen LogP contribution in [0, 0.1) is 0 Å². The van der Waals surface area contributed by atoms with Crippen molar-refractivity contribution in [2.24, 2.45) is 5.84 Å². The summed E-state index contributed by atoms with van der Waals surface area (Å²) >= 11 is 0. The second-order valence-corrected chi connectivity index (χ2v) is 6.52. The minimum absolute atomic E-state index is 0.0177. The number of aromatic nitrogens is 1. The maximum Gasteiger partial charge on any atom is 0.330 e. The first kappa shape index (κ1) is 18.3. The zero-order valence-corrected chi connectivity index (χ0v) is 14.9. The predicted molar refractivity (Wildman–Crippen MR) is 103 cm³/mol. The molecule has 1 heterocycles. The molecule has 0 atom stereocenters. The molecule has 0 fully saturated rings. The molecule has 1 aliphatic carbocycles. The average Bonchev–Trinajstić information content (AvgIpc) is 3.05. The first-order valence-corrected chi connectivity index (χ1v) is 8.60. The summed E-state index contributed by atoms with van der Waals surface area (Å²) in [5.74, 6) is 2.31. The fraction of sp³-hybridized carbons (Fsp3) is 0.0476. The minimum atomic E-state index is -2.31. The number of carbonyl (C=O) groups excluding carboxylic acids is 1. The van der Waals surface area contributed by atoms with Crippen LogP contribution in [0.2, 0.25) is 0 Å². The topological polar surface area (TPSA) is 134 Å². The van der Waals surface area contributed by atoms with E-state index < -0.39 is 23.3 Å². The molecule has 0 spiro atoms. The lowest BCUT2D eigenvalue weighted by atomic mass is 9.78. The van der Waals surface area contributed by atoms with Gasteiger partial charge in [-0.1, -0.05) is 36.4 Å². The van der Waals surface area contributed by atoms with Crippen molar-refractivity contribution in [3.8, 4) is 11.1 Å². The van der Waals surface area contributed by atoms with Crippen molar-refractivity contribution in [3.05, 3.63) is 83.7 Å². The quantitative estimate of drug-likeness (QED) is 0.269. The SMILES string of the molecule is NN(C(=O)c1cccc2c1-c1ccccc1C2(C(=O)O)C(=O)O)c1cccnc1. The summed E-state index contributed by atoms with van der Waals surface area (Å²) in [6.07, 6.45) is 2.94. The largest absolute Gasteiger partial charge is 0.480 e. The number of pyridine rings is 1. The van der Waals surface area contributed by atoms with E-state index in [0.717, 1.165) is 5.01 Å². The van der Waals surface area contributed by atoms with Gasteiger partial charge in [-0.25, -0.2) is 10.9 Å². The molecule has 8 heteroatoms. The van der Waals surface area contributed by atoms with E-state index in [4.69, 9.17) is 5.84 Å². The molecule has 2 aromatic carbocycles. The number of amides is 1. The first-order valence-electron chi connectivity index (χ1n) is 8.60. The van der Waals surface area contributed by atoms with Gasteiger partial charge in [0.25, 0.3) is 5.91 Å². The number of rotatable bonds is 4. The van der Waals surface area contributed by atoms with Crippen LogP contribution in [0.4, 0.5) is 5.69 Å². The number of carboxylic acids is 2. The van der Waals surface area contributed by atoms with Gasteiger partial charge >= 0.3 is 11.9 Å². The Labute approximate surface area is 164 Å². The monoisotopic (exact) mass is 389 g/mol. The van der Waals surface area contributed by atoms with Crippen molar-refractivity contribution in [2.75, 3.05) is 5.01 Å². The molecule has 0 saturated heterocycles. The number of nitrogens with two attached hydrogens (primary N) is 1. The standard InChI is InChI=1S/C21H15N3O5/c22-24(12-5-4-10-23-11-12)18(25)14-7-3-9-16-17(14)13-6-1-2-8-15(13)21(16,19(26)27)20(28)29/h1-11H,22H2,(H,26,27)(H,28,29). The fourth-order valence-corrected chi connectivity index (χ4v) is 3.80. The van der Waals surface area contributed by atoms with Gasteiger partial charge in [0, 0.05) is 17.3 Å². The van der Waals surface area contributed by atoms with E-state index in [1.165, 1.54) is 36.7 Å². The second-order valence-electron chi connectivity index (χ2n) is 6.52. The third-order valence-electron chi connectivity index (χ3n) is 5.08. The zero-order chi connectivity index (χ0) is 20.8. The summed E-state index contributed by atoms with van der Waals surface area (Å²) in [6.45, 7) is 0. The molecule has 4 N–H and O–H groups in total. The van der Waals surface area contributed by atoms with Crippen molar-refractivity contribution in [1.82, 2.24) is 4.98 Å². The van der Waals surface area contributed by atoms with E-state index in [2.05, 4.69) is 4.98 Å². The summed E-state index contributed by atoms with van der Waals surface area (Å²) in [7, 11) is 0. The molecule has 3 aromatic rings. The minimum Gasteiger partial charge on any atom is -0.480 e. The van der Waals surface area contributed by atoms with Gasteiger partial charge in [-0.3, -0.25) is 19.4 Å². The van der Waals surface area contributed by atoms with Crippen LogP contribution in [0.5, 0.6) is 0 Å². The molecule has 1 amide bonds. The molecule has 0 radical (unpaired) electrons. The highest BCUT2D eigenvalue weighted by Crippen LogP contribution is 2.50. The first-order chi connectivity index (χ1) is 13.9. The van der Waals surface area contributed by atoms with Crippen LogP contribution in [-0.2, 0) is 15.0 Å². The molecule has 1 aliphatic rings. The van der Waals surface area contributed by atoms with Crippen LogP contribution in [0.15, 0.2) is 67.0 Å². The smallest absolute Gasteiger partial charge is 0.330 e. The summed E-state index contributed by atoms with van der Waals surface area (Å²) in [6, 6.07) is 13.9. The van der Waals surface area contributed by atoms with E-state index in [1.54, 1.807) is 30.3 Å². The Bertz CT molecular complexity index is 1150. The lowest BCUT2D eigenvalue weighted by Gasteiger charge is -2.22. The lowest BCUT2D eigenvalue weighted by Crippen LogP contribution is -2.43. The number of nitrogens with zero attached hydrogens (tertiary/aromatic N) is 2. The lowest BCUT2D eigenvalue weighted by molar-refractivity contribution is -0.154. The Hall–Kier alpha value is -4.04. The zero-order valence-electron chi connectivity index (χ0n) is 14.9. The molecule has 1 aromatic heterocycles. The van der Waals surface area contributed by atoms with Gasteiger partial charge in [-0.2, -0.15) is 0 Å². The Morgan fingerprint density at radius 1 is 0.897 bits per heavy atom. The molecular weight excluding hydrogens is 374 g/mol. The van der Waals surface area contributed by atoms with Gasteiger partial charge < -0.3 is 10.2 Å². The van der Waals surface area contributed by atoms with E-state index >= 15 is 0 Å². The summed E-state index contributed by atoms with van der Waals surface area (Å²) in [4.78, 5) is 41.5. The van der Waals surface area contributed by atoms with Crippen LogP contribution >= 0.6 is 0 Å². The highest BCUT2D eigenvalue weighted by atomic mass is 16.4. The third-order valence-corrected chi connectivity index (χ3v) is 5.08. The second kappa shape index (κ2) is 6.54. The summed E-state index contributed by atoms with van der Waals surface area (Å²) in [5, 5.41) is 20.8. The number of hydrazine groups is 1. The highest BCUT2D eigenvalue weighted by Gasteiger charge is 2.56. The van der Waals surface area contributed by atoms with Crippen molar-refractivity contribution < 1.29 is 24.6 Å². The van der Waals surface area contributed by atoms with E-state index in [9.17, 15) is 24.6 Å². The van der Waals surface area contributed by atoms with Crippen molar-refractivity contribution in [1.29, 1.82) is 0 Å². The van der Waals surface area contributed by atoms with Crippen LogP contribution in [0.3, 0.4) is 0 Å². The van der Waals surface area contributed by atoms with E-state index in [0.29, 0.717) is 11.3 Å². The van der Waals surface area contributed by atoms with Gasteiger partial charge in [0.15, 0.2) is 0 Å². The van der Waals surface area contributed by atoms with Crippen molar-refractivity contribution in [3.63, 3.8) is 0 Å².